The molecule has 0 aliphatic carbocycles. The number of carbonyl (C=O) groups excluding carboxylic acids is 3. The third kappa shape index (κ3) is 6.40. The van der Waals surface area contributed by atoms with Crippen molar-refractivity contribution in [3.63, 3.8) is 0 Å². The van der Waals surface area contributed by atoms with Crippen molar-refractivity contribution in [1.82, 2.24) is 19.6 Å². The van der Waals surface area contributed by atoms with Gasteiger partial charge < -0.3 is 14.5 Å². The average molecular weight is 409 g/mol. The van der Waals surface area contributed by atoms with Crippen LogP contribution in [0.2, 0.25) is 0 Å². The number of ether oxygens (including phenoxy) is 1. The summed E-state index contributed by atoms with van der Waals surface area (Å²) in [6.07, 6.45) is 6.08. The van der Waals surface area contributed by atoms with Gasteiger partial charge in [-0.3, -0.25) is 24.2 Å². The molecular weight excluding hydrogens is 372 g/mol. The molecule has 3 rings (SSSR count). The van der Waals surface area contributed by atoms with Gasteiger partial charge >= 0.3 is 5.97 Å². The summed E-state index contributed by atoms with van der Waals surface area (Å²) < 4.78 is 4.81. The Balaban J connectivity index is 1.35. The van der Waals surface area contributed by atoms with E-state index in [1.54, 1.807) is 0 Å². The molecule has 0 atom stereocenters. The summed E-state index contributed by atoms with van der Waals surface area (Å²) in [5.41, 5.74) is 0. The molecule has 3 saturated heterocycles. The minimum Gasteiger partial charge on any atom is -0.469 e. The van der Waals surface area contributed by atoms with Crippen molar-refractivity contribution < 1.29 is 19.1 Å². The van der Waals surface area contributed by atoms with Gasteiger partial charge in [-0.1, -0.05) is 12.8 Å². The number of amides is 2. The number of rotatable bonds is 5. The first-order valence-corrected chi connectivity index (χ1v) is 11.1. The molecule has 0 radical (unpaired) electrons. The van der Waals surface area contributed by atoms with E-state index in [0.717, 1.165) is 52.1 Å². The smallest absolute Gasteiger partial charge is 0.308 e. The van der Waals surface area contributed by atoms with Gasteiger partial charge in [-0.25, -0.2) is 0 Å². The van der Waals surface area contributed by atoms with Gasteiger partial charge in [0.25, 0.3) is 0 Å². The van der Waals surface area contributed by atoms with E-state index in [1.165, 1.54) is 20.0 Å². The quantitative estimate of drug-likeness (QED) is 0.614. The Bertz CT molecular complexity index is 561. The topological polar surface area (TPSA) is 73.4 Å². The minimum absolute atomic E-state index is 0.0747. The summed E-state index contributed by atoms with van der Waals surface area (Å²) in [5.74, 6) is 0.157. The predicted molar refractivity (Wildman–Crippen MR) is 109 cm³/mol. The molecular formula is C21H36N4O4. The van der Waals surface area contributed by atoms with E-state index in [9.17, 15) is 14.4 Å². The zero-order valence-electron chi connectivity index (χ0n) is 17.8. The highest BCUT2D eigenvalue weighted by atomic mass is 16.5. The molecule has 0 saturated carbocycles. The number of hydrogen-bond acceptors (Lipinski definition) is 6. The van der Waals surface area contributed by atoms with E-state index in [2.05, 4.69) is 9.80 Å². The van der Waals surface area contributed by atoms with Crippen LogP contribution in [0.3, 0.4) is 0 Å². The number of likely N-dealkylation sites (tertiary alicyclic amines) is 2. The lowest BCUT2D eigenvalue weighted by atomic mass is 9.97. The fourth-order valence-corrected chi connectivity index (χ4v) is 4.54. The fourth-order valence-electron chi connectivity index (χ4n) is 4.54. The molecule has 0 spiro atoms. The molecule has 0 unspecified atom stereocenters. The second-order valence-corrected chi connectivity index (χ2v) is 8.53. The summed E-state index contributed by atoms with van der Waals surface area (Å²) >= 11 is 0. The van der Waals surface area contributed by atoms with Gasteiger partial charge in [-0.05, 0) is 25.7 Å². The van der Waals surface area contributed by atoms with E-state index in [1.807, 2.05) is 9.80 Å². The Kier molecular flexibility index (Phi) is 8.29. The van der Waals surface area contributed by atoms with Crippen LogP contribution in [-0.4, -0.2) is 110 Å². The largest absolute Gasteiger partial charge is 0.469 e. The van der Waals surface area contributed by atoms with Crippen LogP contribution in [0, 0.1) is 5.92 Å². The van der Waals surface area contributed by atoms with Crippen LogP contribution in [-0.2, 0) is 19.1 Å². The molecule has 3 aliphatic heterocycles. The van der Waals surface area contributed by atoms with E-state index in [4.69, 9.17) is 4.74 Å². The van der Waals surface area contributed by atoms with Gasteiger partial charge in [0.1, 0.15) is 0 Å². The highest BCUT2D eigenvalue weighted by molar-refractivity contribution is 5.79. The van der Waals surface area contributed by atoms with E-state index in [-0.39, 0.29) is 23.7 Å². The van der Waals surface area contributed by atoms with Gasteiger partial charge in [0.05, 0.1) is 26.1 Å². The molecule has 3 heterocycles. The summed E-state index contributed by atoms with van der Waals surface area (Å²) in [5, 5.41) is 0. The maximum atomic E-state index is 12.6. The van der Waals surface area contributed by atoms with Gasteiger partial charge in [-0.2, -0.15) is 0 Å². The lowest BCUT2D eigenvalue weighted by molar-refractivity contribution is -0.149. The van der Waals surface area contributed by atoms with Crippen molar-refractivity contribution in [2.75, 3.05) is 72.6 Å². The Labute approximate surface area is 174 Å². The van der Waals surface area contributed by atoms with Gasteiger partial charge in [0.15, 0.2) is 0 Å². The van der Waals surface area contributed by atoms with E-state index in [0.29, 0.717) is 39.0 Å². The van der Waals surface area contributed by atoms with E-state index < -0.39 is 0 Å². The van der Waals surface area contributed by atoms with Gasteiger partial charge in [0.2, 0.25) is 11.8 Å². The number of piperidine rings is 1. The SMILES string of the molecule is COC(=O)C1CCN(C(=O)CN2CCN(CC(=O)N3CCCCCC3)CC2)CC1. The Morgan fingerprint density at radius 3 is 1.59 bits per heavy atom. The lowest BCUT2D eigenvalue weighted by Gasteiger charge is -2.37. The van der Waals surface area contributed by atoms with Crippen LogP contribution in [0.15, 0.2) is 0 Å². The third-order valence-corrected chi connectivity index (χ3v) is 6.52. The van der Waals surface area contributed by atoms with Gasteiger partial charge in [-0.15, -0.1) is 0 Å². The molecule has 8 nitrogen and oxygen atoms in total. The second-order valence-electron chi connectivity index (χ2n) is 8.53. The van der Waals surface area contributed by atoms with Crippen molar-refractivity contribution in [3.05, 3.63) is 0 Å². The Morgan fingerprint density at radius 2 is 1.14 bits per heavy atom. The first-order chi connectivity index (χ1) is 14.1. The summed E-state index contributed by atoms with van der Waals surface area (Å²) in [7, 11) is 1.42. The fraction of sp³-hybridized carbons (Fsp3) is 0.857. The van der Waals surface area contributed by atoms with Crippen LogP contribution in [0.1, 0.15) is 38.5 Å². The highest BCUT2D eigenvalue weighted by Gasteiger charge is 2.29. The number of piperazine rings is 1. The molecule has 0 aromatic heterocycles. The van der Waals surface area contributed by atoms with Crippen LogP contribution >= 0.6 is 0 Å². The van der Waals surface area contributed by atoms with Crippen molar-refractivity contribution in [3.8, 4) is 0 Å². The number of esters is 1. The first-order valence-electron chi connectivity index (χ1n) is 11.1. The van der Waals surface area contributed by atoms with Crippen LogP contribution in [0.4, 0.5) is 0 Å². The number of methoxy groups -OCH3 is 1. The first kappa shape index (κ1) is 22.0. The molecule has 0 bridgehead atoms. The lowest BCUT2D eigenvalue weighted by Crippen LogP contribution is -2.53. The zero-order valence-corrected chi connectivity index (χ0v) is 17.8. The molecule has 3 aliphatic rings. The normalized spacial score (nSPS) is 22.9. The van der Waals surface area contributed by atoms with Crippen LogP contribution in [0.25, 0.3) is 0 Å². The maximum Gasteiger partial charge on any atom is 0.308 e. The molecule has 8 heteroatoms. The van der Waals surface area contributed by atoms with Crippen LogP contribution < -0.4 is 0 Å². The van der Waals surface area contributed by atoms with Crippen molar-refractivity contribution in [1.29, 1.82) is 0 Å². The Hall–Kier alpha value is -1.67. The molecule has 2 amide bonds. The number of hydrogen-bond donors (Lipinski definition) is 0. The minimum atomic E-state index is -0.164. The van der Waals surface area contributed by atoms with E-state index >= 15 is 0 Å². The van der Waals surface area contributed by atoms with Crippen molar-refractivity contribution >= 4 is 17.8 Å². The maximum absolute atomic E-state index is 12.6. The molecule has 0 N–H and O–H groups in total. The molecule has 3 fully saturated rings. The zero-order chi connectivity index (χ0) is 20.6. The molecule has 0 aromatic carbocycles. The Morgan fingerprint density at radius 1 is 0.690 bits per heavy atom. The predicted octanol–water partition coefficient (Wildman–Crippen LogP) is 0.418. The number of carbonyl (C=O) groups is 3. The summed E-state index contributed by atoms with van der Waals surface area (Å²) in [6, 6.07) is 0. The standard InChI is InChI=1S/C21H36N4O4/c1-29-21(28)18-6-10-25(11-7-18)20(27)17-23-14-12-22(13-15-23)16-19(26)24-8-4-2-3-5-9-24/h18H,2-17H2,1H3. The van der Waals surface area contributed by atoms with Crippen LogP contribution in [0.5, 0.6) is 0 Å². The second kappa shape index (κ2) is 10.9. The molecule has 29 heavy (non-hydrogen) atoms. The van der Waals surface area contributed by atoms with Crippen molar-refractivity contribution in [2.24, 2.45) is 5.92 Å². The highest BCUT2D eigenvalue weighted by Crippen LogP contribution is 2.19. The van der Waals surface area contributed by atoms with Crippen molar-refractivity contribution in [2.45, 2.75) is 38.5 Å². The summed E-state index contributed by atoms with van der Waals surface area (Å²) in [6.45, 7) is 7.29. The average Bonchev–Trinajstić information content (AvgIpc) is 3.04. The summed E-state index contributed by atoms with van der Waals surface area (Å²) in [4.78, 5) is 45.1. The molecule has 0 aromatic rings. The number of nitrogens with zero attached hydrogens (tertiary/aromatic N) is 4. The molecule has 164 valence electrons. The van der Waals surface area contributed by atoms with Gasteiger partial charge in [0, 0.05) is 52.4 Å². The monoisotopic (exact) mass is 408 g/mol. The third-order valence-electron chi connectivity index (χ3n) is 6.52.